The van der Waals surface area contributed by atoms with Gasteiger partial charge in [-0.3, -0.25) is 0 Å². The lowest BCUT2D eigenvalue weighted by Gasteiger charge is -2.21. The molecule has 3 rings (SSSR count). The lowest BCUT2D eigenvalue weighted by Crippen LogP contribution is -2.25. The maximum Gasteiger partial charge on any atom is 0.249 e. The highest BCUT2D eigenvalue weighted by Crippen LogP contribution is 2.30. The average Bonchev–Trinajstić information content (AvgIpc) is 2.92. The maximum atomic E-state index is 5.39. The molecule has 0 bridgehead atoms. The smallest absolute Gasteiger partial charge is 0.249 e. The van der Waals surface area contributed by atoms with Crippen molar-refractivity contribution in [2.45, 2.75) is 25.7 Å². The summed E-state index contributed by atoms with van der Waals surface area (Å²) in [6.45, 7) is 2.04. The van der Waals surface area contributed by atoms with E-state index in [2.05, 4.69) is 25.4 Å². The highest BCUT2D eigenvalue weighted by molar-refractivity contribution is 5.64. The zero-order valence-corrected chi connectivity index (χ0v) is 14.2. The molecule has 24 heavy (non-hydrogen) atoms. The molecule has 0 amide bonds. The molecule has 1 aromatic heterocycles. The van der Waals surface area contributed by atoms with Crippen molar-refractivity contribution < 1.29 is 9.47 Å². The summed E-state index contributed by atoms with van der Waals surface area (Å²) in [5, 5.41) is 11.4. The van der Waals surface area contributed by atoms with Crippen molar-refractivity contribution in [1.82, 2.24) is 15.2 Å². The molecule has 1 aliphatic rings. The van der Waals surface area contributed by atoms with Crippen LogP contribution in [0.1, 0.15) is 25.7 Å². The van der Waals surface area contributed by atoms with Crippen LogP contribution in [0.3, 0.4) is 0 Å². The number of hydrogen-bond acceptors (Lipinski definition) is 7. The van der Waals surface area contributed by atoms with Crippen LogP contribution in [-0.4, -0.2) is 42.5 Å². The van der Waals surface area contributed by atoms with Gasteiger partial charge in [0.1, 0.15) is 11.5 Å². The second-order valence-corrected chi connectivity index (χ2v) is 5.73. The molecule has 0 unspecified atom stereocenters. The molecule has 1 N–H and O–H groups in total. The van der Waals surface area contributed by atoms with Crippen molar-refractivity contribution in [2.75, 3.05) is 37.5 Å². The summed E-state index contributed by atoms with van der Waals surface area (Å²) in [5.74, 6) is 2.72. The molecule has 1 aliphatic heterocycles. The van der Waals surface area contributed by atoms with Crippen LogP contribution in [0.15, 0.2) is 24.4 Å². The summed E-state index contributed by atoms with van der Waals surface area (Å²) < 4.78 is 10.6. The minimum Gasteiger partial charge on any atom is -0.497 e. The van der Waals surface area contributed by atoms with Gasteiger partial charge in [0, 0.05) is 19.2 Å². The number of rotatable bonds is 5. The summed E-state index contributed by atoms with van der Waals surface area (Å²) in [5.41, 5.74) is 0.771. The average molecular weight is 329 g/mol. The molecule has 2 aromatic rings. The summed E-state index contributed by atoms with van der Waals surface area (Å²) in [6, 6.07) is 5.55. The Hall–Kier alpha value is -2.57. The number of aromatic nitrogens is 3. The van der Waals surface area contributed by atoms with E-state index in [1.54, 1.807) is 20.4 Å². The predicted molar refractivity (Wildman–Crippen MR) is 93.3 cm³/mol. The number of nitrogens with zero attached hydrogens (tertiary/aromatic N) is 4. The number of nitrogens with one attached hydrogen (secondary N) is 1. The van der Waals surface area contributed by atoms with Gasteiger partial charge in [-0.2, -0.15) is 10.1 Å². The van der Waals surface area contributed by atoms with E-state index < -0.39 is 0 Å². The van der Waals surface area contributed by atoms with Gasteiger partial charge in [0.2, 0.25) is 5.95 Å². The monoisotopic (exact) mass is 329 g/mol. The molecular formula is C17H23N5O2. The molecule has 0 spiro atoms. The van der Waals surface area contributed by atoms with Crippen LogP contribution in [0.5, 0.6) is 11.5 Å². The van der Waals surface area contributed by atoms with Crippen LogP contribution in [-0.2, 0) is 0 Å². The van der Waals surface area contributed by atoms with Gasteiger partial charge in [-0.25, -0.2) is 0 Å². The summed E-state index contributed by atoms with van der Waals surface area (Å²) in [6.07, 6.45) is 6.67. The van der Waals surface area contributed by atoms with Crippen molar-refractivity contribution in [3.63, 3.8) is 0 Å². The molecule has 1 saturated heterocycles. The highest BCUT2D eigenvalue weighted by Gasteiger charge is 2.13. The Morgan fingerprint density at radius 1 is 1.04 bits per heavy atom. The fourth-order valence-electron chi connectivity index (χ4n) is 2.82. The lowest BCUT2D eigenvalue weighted by molar-refractivity contribution is 0.395. The predicted octanol–water partition coefficient (Wildman–Crippen LogP) is 3.01. The van der Waals surface area contributed by atoms with Crippen molar-refractivity contribution in [1.29, 1.82) is 0 Å². The van der Waals surface area contributed by atoms with Crippen molar-refractivity contribution in [2.24, 2.45) is 0 Å². The maximum absolute atomic E-state index is 5.39. The van der Waals surface area contributed by atoms with Crippen LogP contribution in [0.4, 0.5) is 17.5 Å². The van der Waals surface area contributed by atoms with Gasteiger partial charge in [0.25, 0.3) is 0 Å². The van der Waals surface area contributed by atoms with E-state index in [4.69, 9.17) is 9.47 Å². The van der Waals surface area contributed by atoms with Crippen LogP contribution in [0.25, 0.3) is 0 Å². The van der Waals surface area contributed by atoms with Gasteiger partial charge in [-0.05, 0) is 25.0 Å². The standard InChI is InChI=1S/C17H23N5O2/c1-23-13-7-8-14(15(11-13)24-2)19-17-20-16(12-18-21-17)22-9-5-3-4-6-10-22/h7-8,11-12H,3-6,9-10H2,1-2H3,(H,19,20,21). The summed E-state index contributed by atoms with van der Waals surface area (Å²) in [4.78, 5) is 6.88. The van der Waals surface area contributed by atoms with Gasteiger partial charge in [-0.15, -0.1) is 5.10 Å². The van der Waals surface area contributed by atoms with Crippen LogP contribution in [0, 0.1) is 0 Å². The molecule has 0 aliphatic carbocycles. The minimum atomic E-state index is 0.459. The molecule has 0 radical (unpaired) electrons. The molecular weight excluding hydrogens is 306 g/mol. The van der Waals surface area contributed by atoms with Gasteiger partial charge < -0.3 is 19.7 Å². The SMILES string of the molecule is COc1ccc(Nc2nncc(N3CCCCCC3)n2)c(OC)c1. The normalized spacial score (nSPS) is 14.8. The van der Waals surface area contributed by atoms with E-state index in [1.165, 1.54) is 25.7 Å². The zero-order chi connectivity index (χ0) is 16.8. The third kappa shape index (κ3) is 3.84. The number of hydrogen-bond donors (Lipinski definition) is 1. The van der Waals surface area contributed by atoms with Gasteiger partial charge in [-0.1, -0.05) is 12.8 Å². The van der Waals surface area contributed by atoms with Crippen molar-refractivity contribution >= 4 is 17.5 Å². The first-order valence-corrected chi connectivity index (χ1v) is 8.24. The number of ether oxygens (including phenoxy) is 2. The van der Waals surface area contributed by atoms with E-state index >= 15 is 0 Å². The largest absolute Gasteiger partial charge is 0.497 e. The Morgan fingerprint density at radius 3 is 2.54 bits per heavy atom. The van der Waals surface area contributed by atoms with E-state index in [0.29, 0.717) is 11.7 Å². The van der Waals surface area contributed by atoms with Gasteiger partial charge in [0.05, 0.1) is 26.1 Å². The van der Waals surface area contributed by atoms with E-state index in [1.807, 2.05) is 18.2 Å². The molecule has 7 nitrogen and oxygen atoms in total. The molecule has 1 aromatic carbocycles. The topological polar surface area (TPSA) is 72.4 Å². The second-order valence-electron chi connectivity index (χ2n) is 5.73. The first-order valence-electron chi connectivity index (χ1n) is 8.24. The van der Waals surface area contributed by atoms with E-state index in [9.17, 15) is 0 Å². The quantitative estimate of drug-likeness (QED) is 0.904. The van der Waals surface area contributed by atoms with Crippen LogP contribution < -0.4 is 19.7 Å². The molecule has 0 atom stereocenters. The number of benzene rings is 1. The van der Waals surface area contributed by atoms with Gasteiger partial charge in [0.15, 0.2) is 5.82 Å². The lowest BCUT2D eigenvalue weighted by atomic mass is 10.2. The number of methoxy groups -OCH3 is 2. The van der Waals surface area contributed by atoms with E-state index in [-0.39, 0.29) is 0 Å². The second kappa shape index (κ2) is 7.81. The Morgan fingerprint density at radius 2 is 1.83 bits per heavy atom. The Labute approximate surface area is 142 Å². The first-order chi connectivity index (χ1) is 11.8. The summed E-state index contributed by atoms with van der Waals surface area (Å²) >= 11 is 0. The molecule has 0 saturated carbocycles. The van der Waals surface area contributed by atoms with E-state index in [0.717, 1.165) is 30.3 Å². The third-order valence-corrected chi connectivity index (χ3v) is 4.13. The Bertz CT molecular complexity index is 672. The van der Waals surface area contributed by atoms with Crippen molar-refractivity contribution in [3.05, 3.63) is 24.4 Å². The van der Waals surface area contributed by atoms with Crippen LogP contribution >= 0.6 is 0 Å². The van der Waals surface area contributed by atoms with Crippen molar-refractivity contribution in [3.8, 4) is 11.5 Å². The Balaban J connectivity index is 1.79. The minimum absolute atomic E-state index is 0.459. The molecule has 2 heterocycles. The molecule has 128 valence electrons. The summed E-state index contributed by atoms with van der Waals surface area (Å²) in [7, 11) is 3.24. The van der Waals surface area contributed by atoms with Crippen LogP contribution in [0.2, 0.25) is 0 Å². The molecule has 1 fully saturated rings. The van der Waals surface area contributed by atoms with Gasteiger partial charge >= 0.3 is 0 Å². The zero-order valence-electron chi connectivity index (χ0n) is 14.2. The fraction of sp³-hybridized carbons (Fsp3) is 0.471. The Kier molecular flexibility index (Phi) is 5.30. The highest BCUT2D eigenvalue weighted by atomic mass is 16.5. The fourth-order valence-corrected chi connectivity index (χ4v) is 2.82. The number of anilines is 3. The molecule has 7 heteroatoms. The third-order valence-electron chi connectivity index (χ3n) is 4.13. The first kappa shape index (κ1) is 16.3.